The molecular formula is C16H12FN3O. The van der Waals surface area contributed by atoms with Crippen LogP contribution in [0.5, 0.6) is 0 Å². The van der Waals surface area contributed by atoms with Crippen molar-refractivity contribution in [2.24, 2.45) is 0 Å². The van der Waals surface area contributed by atoms with Gasteiger partial charge in [-0.15, -0.1) is 5.10 Å². The molecule has 0 aliphatic carbocycles. The summed E-state index contributed by atoms with van der Waals surface area (Å²) in [5, 5.41) is 7.83. The SMILES string of the molecule is O=C(c1ccc(F)cc1)c1cn(Cc2ccccc2)nn1. The zero-order chi connectivity index (χ0) is 14.7. The van der Waals surface area contributed by atoms with E-state index in [1.165, 1.54) is 24.3 Å². The predicted octanol–water partition coefficient (Wildman–Crippen LogP) is 2.70. The van der Waals surface area contributed by atoms with Crippen LogP contribution in [0.3, 0.4) is 0 Å². The summed E-state index contributed by atoms with van der Waals surface area (Å²) in [5.74, 6) is -0.645. The number of hydrogen-bond donors (Lipinski definition) is 0. The van der Waals surface area contributed by atoms with E-state index >= 15 is 0 Å². The summed E-state index contributed by atoms with van der Waals surface area (Å²) in [5.41, 5.74) is 1.71. The van der Waals surface area contributed by atoms with Crippen molar-refractivity contribution in [1.29, 1.82) is 0 Å². The molecule has 0 bridgehead atoms. The van der Waals surface area contributed by atoms with Crippen molar-refractivity contribution in [3.63, 3.8) is 0 Å². The second-order valence-corrected chi connectivity index (χ2v) is 4.62. The van der Waals surface area contributed by atoms with E-state index in [9.17, 15) is 9.18 Å². The van der Waals surface area contributed by atoms with Crippen molar-refractivity contribution in [2.75, 3.05) is 0 Å². The number of carbonyl (C=O) groups excluding carboxylic acids is 1. The average molecular weight is 281 g/mol. The topological polar surface area (TPSA) is 47.8 Å². The quantitative estimate of drug-likeness (QED) is 0.691. The van der Waals surface area contributed by atoms with E-state index in [0.717, 1.165) is 5.56 Å². The molecular weight excluding hydrogens is 269 g/mol. The van der Waals surface area contributed by atoms with Crippen LogP contribution in [0, 0.1) is 5.82 Å². The number of carbonyl (C=O) groups is 1. The molecule has 1 aromatic heterocycles. The van der Waals surface area contributed by atoms with Crippen molar-refractivity contribution in [2.45, 2.75) is 6.54 Å². The Morgan fingerprint density at radius 1 is 1.05 bits per heavy atom. The van der Waals surface area contributed by atoms with Gasteiger partial charge in [0.15, 0.2) is 5.69 Å². The molecule has 0 spiro atoms. The molecule has 0 unspecified atom stereocenters. The molecule has 21 heavy (non-hydrogen) atoms. The first-order valence-corrected chi connectivity index (χ1v) is 6.47. The van der Waals surface area contributed by atoms with Gasteiger partial charge >= 0.3 is 0 Å². The third kappa shape index (κ3) is 3.02. The minimum Gasteiger partial charge on any atom is -0.287 e. The minimum absolute atomic E-state index is 0.248. The molecule has 0 fully saturated rings. The van der Waals surface area contributed by atoms with Gasteiger partial charge in [-0.3, -0.25) is 4.79 Å². The highest BCUT2D eigenvalue weighted by molar-refractivity contribution is 6.07. The zero-order valence-corrected chi connectivity index (χ0v) is 11.1. The summed E-state index contributed by atoms with van der Waals surface area (Å²) in [6.07, 6.45) is 1.60. The van der Waals surface area contributed by atoms with E-state index in [4.69, 9.17) is 0 Å². The van der Waals surface area contributed by atoms with Crippen LogP contribution in [-0.2, 0) is 6.54 Å². The second-order valence-electron chi connectivity index (χ2n) is 4.62. The van der Waals surface area contributed by atoms with Gasteiger partial charge in [0.1, 0.15) is 5.82 Å². The molecule has 0 N–H and O–H groups in total. The fraction of sp³-hybridized carbons (Fsp3) is 0.0625. The van der Waals surface area contributed by atoms with Gasteiger partial charge in [-0.05, 0) is 29.8 Å². The smallest absolute Gasteiger partial charge is 0.214 e. The van der Waals surface area contributed by atoms with E-state index in [1.807, 2.05) is 30.3 Å². The predicted molar refractivity (Wildman–Crippen MR) is 75.4 cm³/mol. The zero-order valence-electron chi connectivity index (χ0n) is 11.1. The van der Waals surface area contributed by atoms with Crippen LogP contribution in [-0.4, -0.2) is 20.8 Å². The van der Waals surface area contributed by atoms with Gasteiger partial charge in [0.25, 0.3) is 0 Å². The largest absolute Gasteiger partial charge is 0.287 e. The van der Waals surface area contributed by atoms with E-state index in [-0.39, 0.29) is 17.3 Å². The summed E-state index contributed by atoms with van der Waals surface area (Å²) in [6, 6.07) is 15.2. The van der Waals surface area contributed by atoms with Crippen LogP contribution in [0.15, 0.2) is 60.8 Å². The van der Waals surface area contributed by atoms with E-state index in [2.05, 4.69) is 10.3 Å². The monoisotopic (exact) mass is 281 g/mol. The maximum absolute atomic E-state index is 12.9. The lowest BCUT2D eigenvalue weighted by Gasteiger charge is -1.99. The molecule has 0 aliphatic rings. The van der Waals surface area contributed by atoms with Crippen LogP contribution >= 0.6 is 0 Å². The first-order chi connectivity index (χ1) is 10.2. The van der Waals surface area contributed by atoms with Gasteiger partial charge in [-0.25, -0.2) is 9.07 Å². The molecule has 5 heteroatoms. The Labute approximate surface area is 120 Å². The number of ketones is 1. The van der Waals surface area contributed by atoms with Crippen molar-refractivity contribution >= 4 is 5.78 Å². The molecule has 0 radical (unpaired) electrons. The van der Waals surface area contributed by atoms with Crippen molar-refractivity contribution in [3.8, 4) is 0 Å². The second kappa shape index (κ2) is 5.66. The number of nitrogens with zero attached hydrogens (tertiary/aromatic N) is 3. The molecule has 0 aliphatic heterocycles. The summed E-state index contributed by atoms with van der Waals surface area (Å²) in [7, 11) is 0. The van der Waals surface area contributed by atoms with Crippen LogP contribution in [0.1, 0.15) is 21.6 Å². The third-order valence-electron chi connectivity index (χ3n) is 3.07. The maximum Gasteiger partial charge on any atom is 0.214 e. The normalized spacial score (nSPS) is 10.5. The third-order valence-corrected chi connectivity index (χ3v) is 3.07. The first kappa shape index (κ1) is 13.2. The summed E-state index contributed by atoms with van der Waals surface area (Å²) >= 11 is 0. The highest BCUT2D eigenvalue weighted by atomic mass is 19.1. The molecule has 4 nitrogen and oxygen atoms in total. The number of benzene rings is 2. The molecule has 0 amide bonds. The molecule has 0 saturated carbocycles. The fourth-order valence-electron chi connectivity index (χ4n) is 2.00. The summed E-state index contributed by atoms with van der Waals surface area (Å²) < 4.78 is 14.5. The molecule has 3 aromatic rings. The Balaban J connectivity index is 1.78. The molecule has 3 rings (SSSR count). The Kier molecular flexibility index (Phi) is 3.55. The minimum atomic E-state index is -0.376. The van der Waals surface area contributed by atoms with Gasteiger partial charge in [-0.2, -0.15) is 0 Å². The van der Waals surface area contributed by atoms with Crippen LogP contribution in [0.25, 0.3) is 0 Å². The Hall–Kier alpha value is -2.82. The molecule has 1 heterocycles. The van der Waals surface area contributed by atoms with Crippen molar-refractivity contribution in [3.05, 3.63) is 83.4 Å². The van der Waals surface area contributed by atoms with Gasteiger partial charge in [0.05, 0.1) is 12.7 Å². The van der Waals surface area contributed by atoms with Gasteiger partial charge in [0, 0.05) is 5.56 Å². The van der Waals surface area contributed by atoms with Crippen LogP contribution < -0.4 is 0 Å². The first-order valence-electron chi connectivity index (χ1n) is 6.47. The van der Waals surface area contributed by atoms with E-state index < -0.39 is 0 Å². The maximum atomic E-state index is 12.9. The highest BCUT2D eigenvalue weighted by Gasteiger charge is 2.13. The lowest BCUT2D eigenvalue weighted by molar-refractivity contribution is 0.103. The van der Waals surface area contributed by atoms with E-state index in [0.29, 0.717) is 12.1 Å². The summed E-state index contributed by atoms with van der Waals surface area (Å²) in [4.78, 5) is 12.2. The standard InChI is InChI=1S/C16H12FN3O/c17-14-8-6-13(7-9-14)16(21)15-11-20(19-18-15)10-12-4-2-1-3-5-12/h1-9,11H,10H2. The van der Waals surface area contributed by atoms with Crippen molar-refractivity contribution in [1.82, 2.24) is 15.0 Å². The lowest BCUT2D eigenvalue weighted by atomic mass is 10.1. The van der Waals surface area contributed by atoms with Gasteiger partial charge < -0.3 is 0 Å². The van der Waals surface area contributed by atoms with E-state index in [1.54, 1.807) is 10.9 Å². The van der Waals surface area contributed by atoms with Gasteiger partial charge in [-0.1, -0.05) is 35.5 Å². The highest BCUT2D eigenvalue weighted by Crippen LogP contribution is 2.09. The van der Waals surface area contributed by atoms with Crippen LogP contribution in [0.4, 0.5) is 4.39 Å². The number of halogens is 1. The number of rotatable bonds is 4. The average Bonchev–Trinajstić information content (AvgIpc) is 2.97. The lowest BCUT2D eigenvalue weighted by Crippen LogP contribution is -2.02. The van der Waals surface area contributed by atoms with Crippen LogP contribution in [0.2, 0.25) is 0 Å². The number of aromatic nitrogens is 3. The van der Waals surface area contributed by atoms with Gasteiger partial charge in [0.2, 0.25) is 5.78 Å². The molecule has 104 valence electrons. The number of hydrogen-bond acceptors (Lipinski definition) is 3. The molecule has 2 aromatic carbocycles. The Morgan fingerprint density at radius 3 is 2.48 bits per heavy atom. The summed E-state index contributed by atoms with van der Waals surface area (Å²) in [6.45, 7) is 0.546. The Morgan fingerprint density at radius 2 is 1.76 bits per heavy atom. The fourth-order valence-corrected chi connectivity index (χ4v) is 2.00. The Bertz CT molecular complexity index is 751. The molecule has 0 atom stereocenters. The molecule has 0 saturated heterocycles. The van der Waals surface area contributed by atoms with Crippen molar-refractivity contribution < 1.29 is 9.18 Å².